The predicted octanol–water partition coefficient (Wildman–Crippen LogP) is 2.89. The van der Waals surface area contributed by atoms with Crippen LogP contribution in [0.15, 0.2) is 29.2 Å². The van der Waals surface area contributed by atoms with Gasteiger partial charge in [-0.2, -0.15) is 0 Å². The number of imide groups is 1. The number of hydrogen-bond donors (Lipinski definition) is 0. The van der Waals surface area contributed by atoms with Crippen molar-refractivity contribution in [3.05, 3.63) is 39.8 Å². The van der Waals surface area contributed by atoms with Gasteiger partial charge in [-0.3, -0.25) is 19.4 Å². The third kappa shape index (κ3) is 4.31. The van der Waals surface area contributed by atoms with Crippen LogP contribution in [0, 0.1) is 0 Å². The first-order chi connectivity index (χ1) is 12.5. The van der Waals surface area contributed by atoms with Crippen molar-refractivity contribution in [2.24, 2.45) is 0 Å². The fourth-order valence-electron chi connectivity index (χ4n) is 3.04. The van der Waals surface area contributed by atoms with Gasteiger partial charge in [0, 0.05) is 36.5 Å². The molecule has 7 heteroatoms. The Labute approximate surface area is 163 Å². The average Bonchev–Trinajstić information content (AvgIpc) is 2.85. The predicted molar refractivity (Wildman–Crippen MR) is 105 cm³/mol. The van der Waals surface area contributed by atoms with Gasteiger partial charge < -0.3 is 4.74 Å². The van der Waals surface area contributed by atoms with Gasteiger partial charge in [-0.05, 0) is 17.7 Å². The van der Waals surface area contributed by atoms with Crippen LogP contribution in [0.3, 0.4) is 0 Å². The van der Waals surface area contributed by atoms with Gasteiger partial charge in [0.1, 0.15) is 0 Å². The van der Waals surface area contributed by atoms with E-state index in [0.29, 0.717) is 41.8 Å². The highest BCUT2D eigenvalue weighted by Crippen LogP contribution is 2.38. The molecule has 0 radical (unpaired) electrons. The Morgan fingerprint density at radius 2 is 1.73 bits per heavy atom. The first-order valence-corrected chi connectivity index (χ1v) is 10.1. The van der Waals surface area contributed by atoms with Crippen LogP contribution >= 0.6 is 23.4 Å². The third-order valence-electron chi connectivity index (χ3n) is 4.36. The van der Waals surface area contributed by atoms with Crippen LogP contribution < -0.4 is 0 Å². The van der Waals surface area contributed by atoms with Crippen LogP contribution in [-0.4, -0.2) is 66.3 Å². The Morgan fingerprint density at radius 1 is 1.08 bits per heavy atom. The number of morpholine rings is 1. The van der Waals surface area contributed by atoms with E-state index in [1.807, 2.05) is 13.8 Å². The Balaban J connectivity index is 1.81. The number of ether oxygens (including phenoxy) is 1. The molecular weight excluding hydrogens is 372 g/mol. The van der Waals surface area contributed by atoms with Crippen LogP contribution in [-0.2, 0) is 14.3 Å². The zero-order valence-corrected chi connectivity index (χ0v) is 16.6. The summed E-state index contributed by atoms with van der Waals surface area (Å²) in [5, 5.41) is 0.816. The number of hydrogen-bond acceptors (Lipinski definition) is 5. The molecule has 2 amide bonds. The molecule has 1 aromatic carbocycles. The summed E-state index contributed by atoms with van der Waals surface area (Å²) < 4.78 is 5.35. The zero-order chi connectivity index (χ0) is 18.7. The zero-order valence-electron chi connectivity index (χ0n) is 15.0. The fraction of sp³-hybridized carbons (Fsp3) is 0.474. The van der Waals surface area contributed by atoms with Gasteiger partial charge in [0.15, 0.2) is 0 Å². The maximum absolute atomic E-state index is 13.0. The van der Waals surface area contributed by atoms with E-state index in [-0.39, 0.29) is 17.1 Å². The maximum atomic E-state index is 13.0. The molecule has 0 atom stereocenters. The number of amides is 2. The quantitative estimate of drug-likeness (QED) is 0.694. The minimum absolute atomic E-state index is 0.188. The van der Waals surface area contributed by atoms with Gasteiger partial charge in [-0.15, -0.1) is 11.8 Å². The standard InChI is InChI=1S/C19H23ClN2O3S/c1-13(2)26-17-16(14-3-5-15(20)6-4-14)18(23)22(19(17)24)8-7-21-9-11-25-12-10-21/h3-6,13H,7-12H2,1-2H3. The lowest BCUT2D eigenvalue weighted by molar-refractivity contribution is -0.136. The summed E-state index contributed by atoms with van der Waals surface area (Å²) in [5.74, 6) is -0.402. The molecular formula is C19H23ClN2O3S. The van der Waals surface area contributed by atoms with E-state index >= 15 is 0 Å². The number of rotatable bonds is 6. The summed E-state index contributed by atoms with van der Waals surface area (Å²) in [6, 6.07) is 7.09. The molecule has 5 nitrogen and oxygen atoms in total. The van der Waals surface area contributed by atoms with Gasteiger partial charge in [0.2, 0.25) is 0 Å². The molecule has 0 spiro atoms. The van der Waals surface area contributed by atoms with Crippen molar-refractivity contribution in [1.29, 1.82) is 0 Å². The summed E-state index contributed by atoms with van der Waals surface area (Å²) in [6.45, 7) is 8.18. The van der Waals surface area contributed by atoms with E-state index in [1.54, 1.807) is 24.3 Å². The average molecular weight is 395 g/mol. The van der Waals surface area contributed by atoms with Gasteiger partial charge >= 0.3 is 0 Å². The van der Waals surface area contributed by atoms with E-state index in [9.17, 15) is 9.59 Å². The number of halogens is 1. The molecule has 1 saturated heterocycles. The number of benzene rings is 1. The molecule has 26 heavy (non-hydrogen) atoms. The van der Waals surface area contributed by atoms with Crippen LogP contribution in [0.5, 0.6) is 0 Å². The second-order valence-corrected chi connectivity index (χ2v) is 8.62. The molecule has 0 aliphatic carbocycles. The molecule has 0 unspecified atom stereocenters. The molecule has 0 bridgehead atoms. The van der Waals surface area contributed by atoms with Crippen molar-refractivity contribution in [2.75, 3.05) is 39.4 Å². The van der Waals surface area contributed by atoms with E-state index in [1.165, 1.54) is 16.7 Å². The fourth-order valence-corrected chi connectivity index (χ4v) is 4.17. The first kappa shape index (κ1) is 19.4. The Kier molecular flexibility index (Phi) is 6.40. The molecule has 0 aromatic heterocycles. The van der Waals surface area contributed by atoms with Gasteiger partial charge in [-0.25, -0.2) is 0 Å². The Hall–Kier alpha value is -1.34. The minimum atomic E-state index is -0.214. The first-order valence-electron chi connectivity index (χ1n) is 8.80. The van der Waals surface area contributed by atoms with Gasteiger partial charge in [-0.1, -0.05) is 37.6 Å². The van der Waals surface area contributed by atoms with Crippen molar-refractivity contribution < 1.29 is 14.3 Å². The molecule has 0 N–H and O–H groups in total. The van der Waals surface area contributed by atoms with Crippen LogP contribution in [0.25, 0.3) is 5.57 Å². The number of thioether (sulfide) groups is 1. The number of carbonyl (C=O) groups is 2. The summed E-state index contributed by atoms with van der Waals surface area (Å²) >= 11 is 7.42. The van der Waals surface area contributed by atoms with Crippen molar-refractivity contribution >= 4 is 40.8 Å². The molecule has 3 rings (SSSR count). The summed E-state index contributed by atoms with van der Waals surface area (Å²) in [7, 11) is 0. The van der Waals surface area contributed by atoms with E-state index < -0.39 is 0 Å². The summed E-state index contributed by atoms with van der Waals surface area (Å²) in [6.07, 6.45) is 0. The second kappa shape index (κ2) is 8.57. The largest absolute Gasteiger partial charge is 0.379 e. The van der Waals surface area contributed by atoms with Gasteiger partial charge in [0.25, 0.3) is 11.8 Å². The molecule has 1 aromatic rings. The smallest absolute Gasteiger partial charge is 0.268 e. The molecule has 0 saturated carbocycles. The highest BCUT2D eigenvalue weighted by Gasteiger charge is 2.39. The lowest BCUT2D eigenvalue weighted by Gasteiger charge is -2.28. The minimum Gasteiger partial charge on any atom is -0.379 e. The Morgan fingerprint density at radius 3 is 2.35 bits per heavy atom. The normalized spacial score (nSPS) is 19.2. The van der Waals surface area contributed by atoms with Crippen LogP contribution in [0.2, 0.25) is 5.02 Å². The molecule has 2 aliphatic heterocycles. The van der Waals surface area contributed by atoms with Crippen LogP contribution in [0.4, 0.5) is 0 Å². The second-order valence-electron chi connectivity index (χ2n) is 6.59. The number of carbonyl (C=O) groups excluding carboxylic acids is 2. The topological polar surface area (TPSA) is 49.9 Å². The van der Waals surface area contributed by atoms with Gasteiger partial charge in [0.05, 0.1) is 23.7 Å². The highest BCUT2D eigenvalue weighted by atomic mass is 35.5. The lowest BCUT2D eigenvalue weighted by atomic mass is 10.1. The van der Waals surface area contributed by atoms with Crippen molar-refractivity contribution in [3.8, 4) is 0 Å². The monoisotopic (exact) mass is 394 g/mol. The van der Waals surface area contributed by atoms with E-state index in [4.69, 9.17) is 16.3 Å². The van der Waals surface area contributed by atoms with Crippen molar-refractivity contribution in [2.45, 2.75) is 19.1 Å². The number of nitrogens with zero attached hydrogens (tertiary/aromatic N) is 2. The third-order valence-corrected chi connectivity index (χ3v) is 5.69. The molecule has 2 aliphatic rings. The Bertz CT molecular complexity index is 712. The molecule has 1 fully saturated rings. The highest BCUT2D eigenvalue weighted by molar-refractivity contribution is 8.04. The van der Waals surface area contributed by atoms with Crippen molar-refractivity contribution in [3.63, 3.8) is 0 Å². The summed E-state index contributed by atoms with van der Waals surface area (Å²) in [5.41, 5.74) is 1.23. The summed E-state index contributed by atoms with van der Waals surface area (Å²) in [4.78, 5) is 30.1. The van der Waals surface area contributed by atoms with Crippen molar-refractivity contribution in [1.82, 2.24) is 9.80 Å². The molecule has 2 heterocycles. The van der Waals surface area contributed by atoms with E-state index in [2.05, 4.69) is 4.90 Å². The SMILES string of the molecule is CC(C)SC1=C(c2ccc(Cl)cc2)C(=O)N(CCN2CCOCC2)C1=O. The maximum Gasteiger partial charge on any atom is 0.268 e. The van der Waals surface area contributed by atoms with Crippen LogP contribution in [0.1, 0.15) is 19.4 Å². The molecule has 140 valence electrons. The van der Waals surface area contributed by atoms with E-state index in [0.717, 1.165) is 18.7 Å². The lowest BCUT2D eigenvalue weighted by Crippen LogP contribution is -2.43.